The molecule has 3 heteroatoms. The van der Waals surface area contributed by atoms with Crippen molar-refractivity contribution < 1.29 is 9.53 Å². The fraction of sp³-hybridized carbons (Fsp3) is 0.462. The predicted molar refractivity (Wildman–Crippen MR) is 62.3 cm³/mol. The quantitative estimate of drug-likeness (QED) is 0.827. The average molecular weight is 219 g/mol. The molecule has 0 saturated heterocycles. The summed E-state index contributed by atoms with van der Waals surface area (Å²) < 4.78 is 5.11. The maximum atomic E-state index is 11.2. The summed E-state index contributed by atoms with van der Waals surface area (Å²) in [7, 11) is 1.65. The normalized spacial score (nSPS) is 19.5. The van der Waals surface area contributed by atoms with Crippen LogP contribution in [-0.2, 0) is 10.3 Å². The number of benzene rings is 1. The minimum atomic E-state index is -0.333. The summed E-state index contributed by atoms with van der Waals surface area (Å²) in [5.41, 5.74) is 7.11. The predicted octanol–water partition coefficient (Wildman–Crippen LogP) is 1.99. The second-order valence-electron chi connectivity index (χ2n) is 4.42. The molecule has 16 heavy (non-hydrogen) atoms. The zero-order valence-electron chi connectivity index (χ0n) is 9.53. The van der Waals surface area contributed by atoms with Gasteiger partial charge in [-0.2, -0.15) is 0 Å². The molecule has 1 aliphatic rings. The molecular weight excluding hydrogens is 202 g/mol. The van der Waals surface area contributed by atoms with Gasteiger partial charge in [-0.1, -0.05) is 12.1 Å². The van der Waals surface area contributed by atoms with Gasteiger partial charge in [0.2, 0.25) is 0 Å². The molecule has 3 nitrogen and oxygen atoms in total. The van der Waals surface area contributed by atoms with Crippen LogP contribution in [0.2, 0.25) is 0 Å². The largest absolute Gasteiger partial charge is 0.497 e. The van der Waals surface area contributed by atoms with Gasteiger partial charge in [0.15, 0.2) is 0 Å². The fourth-order valence-electron chi connectivity index (χ4n) is 2.19. The van der Waals surface area contributed by atoms with Crippen LogP contribution in [-0.4, -0.2) is 12.9 Å². The Morgan fingerprint density at radius 1 is 1.19 bits per heavy atom. The first kappa shape index (κ1) is 11.1. The highest BCUT2D eigenvalue weighted by atomic mass is 16.5. The standard InChI is InChI=1S/C13H17NO2/c1-16-12-4-2-10(3-5-12)13(14)8-6-11(15)7-9-13/h2-5H,6-9,14H2,1H3. The lowest BCUT2D eigenvalue weighted by atomic mass is 9.77. The van der Waals surface area contributed by atoms with Gasteiger partial charge < -0.3 is 10.5 Å². The maximum absolute atomic E-state index is 11.2. The first-order valence-electron chi connectivity index (χ1n) is 5.59. The number of hydrogen-bond donors (Lipinski definition) is 1. The van der Waals surface area contributed by atoms with Crippen molar-refractivity contribution in [2.24, 2.45) is 5.73 Å². The molecule has 2 N–H and O–H groups in total. The number of hydrogen-bond acceptors (Lipinski definition) is 3. The number of Topliss-reactive ketones (excluding diaryl/α,β-unsaturated/α-hetero) is 1. The zero-order valence-corrected chi connectivity index (χ0v) is 9.53. The Bertz CT molecular complexity index is 373. The van der Waals surface area contributed by atoms with E-state index in [1.165, 1.54) is 0 Å². The highest BCUT2D eigenvalue weighted by Crippen LogP contribution is 2.33. The first-order chi connectivity index (χ1) is 7.64. The number of ether oxygens (including phenoxy) is 1. The number of methoxy groups -OCH3 is 1. The molecule has 1 aromatic carbocycles. The second-order valence-corrected chi connectivity index (χ2v) is 4.42. The monoisotopic (exact) mass is 219 g/mol. The summed E-state index contributed by atoms with van der Waals surface area (Å²) in [6.07, 6.45) is 2.70. The molecule has 0 atom stereocenters. The minimum Gasteiger partial charge on any atom is -0.497 e. The van der Waals surface area contributed by atoms with E-state index >= 15 is 0 Å². The average Bonchev–Trinajstić information content (AvgIpc) is 2.33. The van der Waals surface area contributed by atoms with E-state index in [1.54, 1.807) is 7.11 Å². The van der Waals surface area contributed by atoms with Crippen molar-refractivity contribution in [3.05, 3.63) is 29.8 Å². The van der Waals surface area contributed by atoms with Crippen molar-refractivity contribution in [3.63, 3.8) is 0 Å². The van der Waals surface area contributed by atoms with Crippen LogP contribution in [0.25, 0.3) is 0 Å². The summed E-state index contributed by atoms with van der Waals surface area (Å²) in [5, 5.41) is 0. The van der Waals surface area contributed by atoms with Crippen LogP contribution in [0.4, 0.5) is 0 Å². The molecule has 0 bridgehead atoms. The van der Waals surface area contributed by atoms with Crippen LogP contribution >= 0.6 is 0 Å². The van der Waals surface area contributed by atoms with Gasteiger partial charge in [0.1, 0.15) is 11.5 Å². The zero-order chi connectivity index (χ0) is 11.6. The Hall–Kier alpha value is -1.35. The van der Waals surface area contributed by atoms with Crippen LogP contribution in [0.5, 0.6) is 5.75 Å². The van der Waals surface area contributed by atoms with Gasteiger partial charge >= 0.3 is 0 Å². The van der Waals surface area contributed by atoms with Crippen LogP contribution in [0, 0.1) is 0 Å². The molecule has 0 amide bonds. The van der Waals surface area contributed by atoms with Gasteiger partial charge in [0, 0.05) is 18.4 Å². The SMILES string of the molecule is COc1ccc(C2(N)CCC(=O)CC2)cc1. The molecule has 1 fully saturated rings. The molecular formula is C13H17NO2. The van der Waals surface area contributed by atoms with Crippen molar-refractivity contribution in [2.75, 3.05) is 7.11 Å². The van der Waals surface area contributed by atoms with Gasteiger partial charge in [-0.05, 0) is 30.5 Å². The number of carbonyl (C=O) groups excluding carboxylic acids is 1. The topological polar surface area (TPSA) is 52.3 Å². The third-order valence-corrected chi connectivity index (χ3v) is 3.36. The summed E-state index contributed by atoms with van der Waals surface area (Å²) in [6.45, 7) is 0. The molecule has 1 saturated carbocycles. The highest BCUT2D eigenvalue weighted by molar-refractivity contribution is 5.79. The van der Waals surface area contributed by atoms with Crippen molar-refractivity contribution in [1.82, 2.24) is 0 Å². The van der Waals surface area contributed by atoms with E-state index in [0.717, 1.165) is 24.2 Å². The van der Waals surface area contributed by atoms with Crippen LogP contribution in [0.1, 0.15) is 31.2 Å². The molecule has 0 unspecified atom stereocenters. The van der Waals surface area contributed by atoms with Crippen LogP contribution < -0.4 is 10.5 Å². The van der Waals surface area contributed by atoms with E-state index in [1.807, 2.05) is 24.3 Å². The molecule has 0 spiro atoms. The summed E-state index contributed by atoms with van der Waals surface area (Å²) in [4.78, 5) is 11.2. The van der Waals surface area contributed by atoms with Crippen molar-refractivity contribution in [1.29, 1.82) is 0 Å². The lowest BCUT2D eigenvalue weighted by molar-refractivity contribution is -0.121. The summed E-state index contributed by atoms with van der Waals surface area (Å²) in [6, 6.07) is 7.82. The maximum Gasteiger partial charge on any atom is 0.133 e. The Balaban J connectivity index is 2.19. The Morgan fingerprint density at radius 2 is 1.75 bits per heavy atom. The molecule has 0 radical (unpaired) electrons. The smallest absolute Gasteiger partial charge is 0.133 e. The molecule has 0 aromatic heterocycles. The first-order valence-corrected chi connectivity index (χ1v) is 5.59. The number of ketones is 1. The molecule has 1 aromatic rings. The molecule has 2 rings (SSSR count). The Labute approximate surface area is 95.6 Å². The molecule has 0 heterocycles. The second kappa shape index (κ2) is 4.26. The van der Waals surface area contributed by atoms with Gasteiger partial charge in [0.05, 0.1) is 7.11 Å². The fourth-order valence-corrected chi connectivity index (χ4v) is 2.19. The summed E-state index contributed by atoms with van der Waals surface area (Å²) >= 11 is 0. The highest BCUT2D eigenvalue weighted by Gasteiger charge is 2.32. The third-order valence-electron chi connectivity index (χ3n) is 3.36. The van der Waals surface area contributed by atoms with E-state index in [9.17, 15) is 4.79 Å². The van der Waals surface area contributed by atoms with E-state index in [2.05, 4.69) is 0 Å². The summed E-state index contributed by atoms with van der Waals surface area (Å²) in [5.74, 6) is 1.16. The van der Waals surface area contributed by atoms with E-state index in [-0.39, 0.29) is 5.54 Å². The van der Waals surface area contributed by atoms with Crippen molar-refractivity contribution in [3.8, 4) is 5.75 Å². The third kappa shape index (κ3) is 2.09. The van der Waals surface area contributed by atoms with Crippen molar-refractivity contribution >= 4 is 5.78 Å². The van der Waals surface area contributed by atoms with Gasteiger partial charge in [-0.15, -0.1) is 0 Å². The van der Waals surface area contributed by atoms with E-state index < -0.39 is 0 Å². The van der Waals surface area contributed by atoms with Gasteiger partial charge in [-0.3, -0.25) is 4.79 Å². The lowest BCUT2D eigenvalue weighted by Crippen LogP contribution is -2.40. The lowest BCUT2D eigenvalue weighted by Gasteiger charge is -2.33. The number of nitrogens with two attached hydrogens (primary N) is 1. The number of rotatable bonds is 2. The Kier molecular flexibility index (Phi) is 2.97. The van der Waals surface area contributed by atoms with Crippen LogP contribution in [0.15, 0.2) is 24.3 Å². The molecule has 86 valence electrons. The van der Waals surface area contributed by atoms with Gasteiger partial charge in [0.25, 0.3) is 0 Å². The Morgan fingerprint density at radius 3 is 2.25 bits per heavy atom. The van der Waals surface area contributed by atoms with E-state index in [4.69, 9.17) is 10.5 Å². The van der Waals surface area contributed by atoms with Gasteiger partial charge in [-0.25, -0.2) is 0 Å². The van der Waals surface area contributed by atoms with Crippen molar-refractivity contribution in [2.45, 2.75) is 31.2 Å². The molecule has 1 aliphatic carbocycles. The minimum absolute atomic E-state index is 0.328. The van der Waals surface area contributed by atoms with E-state index in [0.29, 0.717) is 18.6 Å². The molecule has 0 aliphatic heterocycles. The number of carbonyl (C=O) groups is 1. The van der Waals surface area contributed by atoms with Crippen LogP contribution in [0.3, 0.4) is 0 Å².